The van der Waals surface area contributed by atoms with Crippen LogP contribution in [0.25, 0.3) is 10.9 Å². The first-order valence-corrected chi connectivity index (χ1v) is 12.4. The van der Waals surface area contributed by atoms with Crippen molar-refractivity contribution >= 4 is 34.1 Å². The molecule has 37 heavy (non-hydrogen) atoms. The third-order valence-electron chi connectivity index (χ3n) is 6.16. The summed E-state index contributed by atoms with van der Waals surface area (Å²) in [4.78, 5) is 50.8. The summed E-state index contributed by atoms with van der Waals surface area (Å²) < 4.78 is 2.55. The minimum atomic E-state index is -0.458. The Morgan fingerprint density at radius 3 is 2.16 bits per heavy atom. The Bertz CT molecular complexity index is 1560. The molecular weight excluding hydrogens is 492 g/mol. The molecule has 0 radical (unpaired) electrons. The third-order valence-corrected chi connectivity index (χ3v) is 6.47. The van der Waals surface area contributed by atoms with Crippen molar-refractivity contribution in [3.63, 3.8) is 0 Å². The van der Waals surface area contributed by atoms with Gasteiger partial charge in [-0.25, -0.2) is 4.79 Å². The minimum Gasteiger partial charge on any atom is -0.299 e. The molecule has 8 nitrogen and oxygen atoms in total. The van der Waals surface area contributed by atoms with Gasteiger partial charge >= 0.3 is 5.69 Å². The average Bonchev–Trinajstić information content (AvgIpc) is 2.84. The lowest BCUT2D eigenvalue weighted by molar-refractivity contribution is -0.121. The SMILES string of the molecule is CCn1c(=O)c2cc(CC(=O)CC(C)CC(=O)Cc3ccc(C#N)c(Cl)c3)ccc2n(CCC#N)c1=O. The topological polar surface area (TPSA) is 126 Å². The van der Waals surface area contributed by atoms with Crippen LogP contribution in [0.3, 0.4) is 0 Å². The van der Waals surface area contributed by atoms with Crippen molar-refractivity contribution in [2.24, 2.45) is 5.92 Å². The van der Waals surface area contributed by atoms with Crippen molar-refractivity contribution in [2.45, 2.75) is 59.0 Å². The first kappa shape index (κ1) is 27.6. The number of nitrogens with zero attached hydrogens (tertiary/aromatic N) is 4. The van der Waals surface area contributed by atoms with E-state index in [-0.39, 0.29) is 62.7 Å². The Kier molecular flexibility index (Phi) is 9.16. The zero-order valence-corrected chi connectivity index (χ0v) is 21.5. The van der Waals surface area contributed by atoms with Gasteiger partial charge in [0.1, 0.15) is 17.6 Å². The largest absolute Gasteiger partial charge is 0.331 e. The fourth-order valence-corrected chi connectivity index (χ4v) is 4.69. The molecule has 1 unspecified atom stereocenters. The zero-order chi connectivity index (χ0) is 27.1. The zero-order valence-electron chi connectivity index (χ0n) is 20.8. The van der Waals surface area contributed by atoms with Crippen LogP contribution in [-0.4, -0.2) is 20.7 Å². The van der Waals surface area contributed by atoms with Gasteiger partial charge < -0.3 is 0 Å². The van der Waals surface area contributed by atoms with Crippen molar-refractivity contribution in [1.29, 1.82) is 10.5 Å². The summed E-state index contributed by atoms with van der Waals surface area (Å²) in [5.41, 5.74) is 1.27. The summed E-state index contributed by atoms with van der Waals surface area (Å²) in [5.74, 6) is -0.250. The average molecular weight is 519 g/mol. The van der Waals surface area contributed by atoms with Crippen molar-refractivity contribution in [2.75, 3.05) is 0 Å². The van der Waals surface area contributed by atoms with E-state index in [2.05, 4.69) is 0 Å². The van der Waals surface area contributed by atoms with Crippen LogP contribution in [0.1, 0.15) is 49.8 Å². The summed E-state index contributed by atoms with van der Waals surface area (Å²) in [7, 11) is 0. The van der Waals surface area contributed by atoms with Gasteiger partial charge in [-0.05, 0) is 48.2 Å². The Labute approximate surface area is 219 Å². The number of rotatable bonds is 11. The minimum absolute atomic E-state index is 0.0257. The molecule has 0 saturated heterocycles. The molecule has 0 aliphatic carbocycles. The Balaban J connectivity index is 1.69. The normalized spacial score (nSPS) is 11.6. The van der Waals surface area contributed by atoms with Crippen LogP contribution in [0.5, 0.6) is 0 Å². The van der Waals surface area contributed by atoms with E-state index in [4.69, 9.17) is 22.1 Å². The Morgan fingerprint density at radius 2 is 1.59 bits per heavy atom. The quantitative estimate of drug-likeness (QED) is 0.378. The first-order valence-electron chi connectivity index (χ1n) is 12.0. The van der Waals surface area contributed by atoms with Crippen LogP contribution < -0.4 is 11.2 Å². The molecule has 9 heteroatoms. The molecule has 1 atom stereocenters. The van der Waals surface area contributed by atoms with Crippen LogP contribution in [0.15, 0.2) is 46.0 Å². The molecule has 2 aromatic carbocycles. The van der Waals surface area contributed by atoms with Gasteiger partial charge in [-0.2, -0.15) is 10.5 Å². The fraction of sp³-hybridized carbons (Fsp3) is 0.357. The van der Waals surface area contributed by atoms with Crippen molar-refractivity contribution in [1.82, 2.24) is 9.13 Å². The lowest BCUT2D eigenvalue weighted by Crippen LogP contribution is -2.39. The van der Waals surface area contributed by atoms with Crippen LogP contribution in [0.2, 0.25) is 5.02 Å². The highest BCUT2D eigenvalue weighted by molar-refractivity contribution is 6.31. The van der Waals surface area contributed by atoms with Crippen molar-refractivity contribution in [3.05, 3.63) is 78.9 Å². The van der Waals surface area contributed by atoms with E-state index >= 15 is 0 Å². The van der Waals surface area contributed by atoms with Gasteiger partial charge in [0, 0.05) is 38.8 Å². The second kappa shape index (κ2) is 12.3. The number of halogens is 1. The van der Waals surface area contributed by atoms with E-state index in [0.717, 1.165) is 10.1 Å². The van der Waals surface area contributed by atoms with E-state index in [1.807, 2.05) is 19.1 Å². The van der Waals surface area contributed by atoms with Crippen LogP contribution in [0, 0.1) is 28.6 Å². The highest BCUT2D eigenvalue weighted by Gasteiger charge is 2.17. The highest BCUT2D eigenvalue weighted by atomic mass is 35.5. The molecule has 0 N–H and O–H groups in total. The number of aryl methyl sites for hydroxylation is 1. The molecule has 3 aromatic rings. The summed E-state index contributed by atoms with van der Waals surface area (Å²) in [5, 5.41) is 18.5. The number of hydrogen-bond donors (Lipinski definition) is 0. The number of aromatic nitrogens is 2. The molecule has 0 fully saturated rings. The smallest absolute Gasteiger partial charge is 0.299 e. The van der Waals surface area contributed by atoms with Crippen LogP contribution >= 0.6 is 11.6 Å². The maximum atomic E-state index is 12.9. The number of nitriles is 2. The van der Waals surface area contributed by atoms with Crippen LogP contribution in [0.4, 0.5) is 0 Å². The Morgan fingerprint density at radius 1 is 0.973 bits per heavy atom. The standard InChI is InChI=1S/C28H27ClN4O4/c1-3-32-27(36)24-15-19(6-8-26(24)33(28(32)37)10-4-9-30)13-22(34)11-18(2)12-23(35)14-20-5-7-21(17-31)25(29)16-20/h5-8,15-16,18H,3-4,10-14H2,1-2H3. The van der Waals surface area contributed by atoms with Crippen molar-refractivity contribution < 1.29 is 9.59 Å². The molecule has 1 aromatic heterocycles. The highest BCUT2D eigenvalue weighted by Crippen LogP contribution is 2.20. The van der Waals surface area contributed by atoms with E-state index in [9.17, 15) is 19.2 Å². The van der Waals surface area contributed by atoms with Gasteiger partial charge in [-0.1, -0.05) is 30.7 Å². The van der Waals surface area contributed by atoms with E-state index in [0.29, 0.717) is 27.1 Å². The van der Waals surface area contributed by atoms with E-state index < -0.39 is 11.2 Å². The molecule has 190 valence electrons. The summed E-state index contributed by atoms with van der Waals surface area (Å²) in [6, 6.07) is 13.9. The fourth-order valence-electron chi connectivity index (χ4n) is 4.45. The van der Waals surface area contributed by atoms with Gasteiger partial charge in [-0.3, -0.25) is 23.5 Å². The van der Waals surface area contributed by atoms with Gasteiger partial charge in [0.2, 0.25) is 0 Å². The summed E-state index contributed by atoms with van der Waals surface area (Å²) in [6.45, 7) is 3.92. The predicted octanol–water partition coefficient (Wildman–Crippen LogP) is 3.96. The van der Waals surface area contributed by atoms with Crippen LogP contribution in [-0.2, 0) is 35.5 Å². The number of carbonyl (C=O) groups excluding carboxylic acids is 2. The number of carbonyl (C=O) groups is 2. The molecule has 1 heterocycles. The predicted molar refractivity (Wildman–Crippen MR) is 140 cm³/mol. The van der Waals surface area contributed by atoms with E-state index in [1.165, 1.54) is 4.57 Å². The molecule has 0 spiro atoms. The lowest BCUT2D eigenvalue weighted by Gasteiger charge is -2.13. The molecule has 0 saturated carbocycles. The number of hydrogen-bond acceptors (Lipinski definition) is 6. The molecule has 0 bridgehead atoms. The van der Waals surface area contributed by atoms with Gasteiger partial charge in [-0.15, -0.1) is 0 Å². The monoisotopic (exact) mass is 518 g/mol. The number of Topliss-reactive ketones (excluding diaryl/α,β-unsaturated/α-hetero) is 2. The lowest BCUT2D eigenvalue weighted by atomic mass is 9.93. The second-order valence-electron chi connectivity index (χ2n) is 9.11. The second-order valence-corrected chi connectivity index (χ2v) is 9.52. The summed E-state index contributed by atoms with van der Waals surface area (Å²) in [6.07, 6.45) is 0.840. The number of ketones is 2. The third kappa shape index (κ3) is 6.61. The molecule has 0 aliphatic rings. The van der Waals surface area contributed by atoms with E-state index in [1.54, 1.807) is 43.3 Å². The van der Waals surface area contributed by atoms with Crippen molar-refractivity contribution in [3.8, 4) is 12.1 Å². The van der Waals surface area contributed by atoms with Gasteiger partial charge in [0.15, 0.2) is 0 Å². The summed E-state index contributed by atoms with van der Waals surface area (Å²) >= 11 is 6.04. The number of fused-ring (bicyclic) bond motifs is 1. The maximum Gasteiger partial charge on any atom is 0.331 e. The molecule has 0 amide bonds. The maximum absolute atomic E-state index is 12.9. The molecule has 3 rings (SSSR count). The molecule has 0 aliphatic heterocycles. The van der Waals surface area contributed by atoms with Gasteiger partial charge in [0.25, 0.3) is 5.56 Å². The van der Waals surface area contributed by atoms with Gasteiger partial charge in [0.05, 0.1) is 34.0 Å². The first-order chi connectivity index (χ1) is 17.7. The Hall–Kier alpha value is -4.01. The molecular formula is C28H27ClN4O4. The number of benzene rings is 2.